The topological polar surface area (TPSA) is 3.24 Å². The van der Waals surface area contributed by atoms with Gasteiger partial charge in [-0.25, -0.2) is 0 Å². The number of anilines is 3. The smallest absolute Gasteiger partial charge is 0.0547 e. The monoisotopic (exact) mass is 729 g/mol. The van der Waals surface area contributed by atoms with Crippen molar-refractivity contribution < 1.29 is 0 Å². The van der Waals surface area contributed by atoms with Crippen molar-refractivity contribution in [2.24, 2.45) is 0 Å². The summed E-state index contributed by atoms with van der Waals surface area (Å²) in [6.45, 7) is 0. The van der Waals surface area contributed by atoms with Gasteiger partial charge < -0.3 is 4.90 Å². The van der Waals surface area contributed by atoms with Crippen molar-refractivity contribution in [3.8, 4) is 33.4 Å². The minimum Gasteiger partial charge on any atom is -0.309 e. The molecule has 1 nitrogen and oxygen atoms in total. The summed E-state index contributed by atoms with van der Waals surface area (Å²) in [4.78, 5) is 2.48. The normalized spacial score (nSPS) is 11.6. The third-order valence-corrected chi connectivity index (χ3v) is 12.5. The standard InChI is InChI=1S/C54H35NS/c1-2-14-36(15-3-1)37-30-32-41(33-31-37)55(52-35-50-47-22-11-13-25-53(47)56-54(50)48-23-9-8-21-46(48)52)51-24-12-10-18-43(51)38-26-28-39(29-27-38)49-34-40-16-4-5-17-42(40)44-19-6-7-20-45(44)49/h1-35H. The number of para-hydroxylation sites is 1. The molecule has 11 aromatic rings. The van der Waals surface area contributed by atoms with Crippen LogP contribution in [0.25, 0.3) is 85.9 Å². The molecule has 0 saturated heterocycles. The van der Waals surface area contributed by atoms with Gasteiger partial charge in [-0.05, 0) is 85.8 Å². The van der Waals surface area contributed by atoms with E-state index in [0.717, 1.165) is 17.1 Å². The van der Waals surface area contributed by atoms with Crippen LogP contribution in [0.15, 0.2) is 212 Å². The summed E-state index contributed by atoms with van der Waals surface area (Å²) >= 11 is 1.88. The van der Waals surface area contributed by atoms with E-state index < -0.39 is 0 Å². The summed E-state index contributed by atoms with van der Waals surface area (Å²) in [6.07, 6.45) is 0. The van der Waals surface area contributed by atoms with E-state index in [4.69, 9.17) is 0 Å². The molecular weight excluding hydrogens is 695 g/mol. The molecule has 11 rings (SSSR count). The first-order valence-electron chi connectivity index (χ1n) is 19.2. The van der Waals surface area contributed by atoms with E-state index in [-0.39, 0.29) is 0 Å². The Bertz CT molecular complexity index is 3230. The molecule has 0 radical (unpaired) electrons. The highest BCUT2D eigenvalue weighted by atomic mass is 32.1. The minimum absolute atomic E-state index is 1.11. The summed E-state index contributed by atoms with van der Waals surface area (Å²) in [5, 5.41) is 10.2. The lowest BCUT2D eigenvalue weighted by molar-refractivity contribution is 1.30. The molecule has 0 N–H and O–H groups in total. The van der Waals surface area contributed by atoms with E-state index in [1.807, 2.05) is 11.3 Å². The SMILES string of the molecule is c1ccc(-c2ccc(N(c3ccccc3-c3ccc(-c4cc5ccccc5c5ccccc45)cc3)c3cc4c5ccccc5sc4c4ccccc34)cc2)cc1. The Kier molecular flexibility index (Phi) is 7.75. The van der Waals surface area contributed by atoms with E-state index in [0.29, 0.717) is 0 Å². The van der Waals surface area contributed by atoms with Gasteiger partial charge in [0.25, 0.3) is 0 Å². The zero-order chi connectivity index (χ0) is 37.0. The van der Waals surface area contributed by atoms with Gasteiger partial charge in [-0.2, -0.15) is 0 Å². The molecule has 0 bridgehead atoms. The second-order valence-corrected chi connectivity index (χ2v) is 15.5. The summed E-state index contributed by atoms with van der Waals surface area (Å²) in [5.41, 5.74) is 10.6. The fourth-order valence-electron chi connectivity index (χ4n) is 8.59. The summed E-state index contributed by atoms with van der Waals surface area (Å²) in [5.74, 6) is 0. The Hall–Kier alpha value is -7.00. The highest BCUT2D eigenvalue weighted by molar-refractivity contribution is 7.26. The second kappa shape index (κ2) is 13.4. The van der Waals surface area contributed by atoms with Crippen LogP contribution in [0, 0.1) is 0 Å². The molecular formula is C54H35NS. The van der Waals surface area contributed by atoms with Crippen molar-refractivity contribution in [3.63, 3.8) is 0 Å². The summed E-state index contributed by atoms with van der Waals surface area (Å²) < 4.78 is 2.64. The van der Waals surface area contributed by atoms with Crippen LogP contribution in [0.1, 0.15) is 0 Å². The van der Waals surface area contributed by atoms with Gasteiger partial charge >= 0.3 is 0 Å². The van der Waals surface area contributed by atoms with Crippen molar-refractivity contribution in [2.45, 2.75) is 0 Å². The van der Waals surface area contributed by atoms with Crippen LogP contribution in [0.4, 0.5) is 17.1 Å². The number of rotatable bonds is 6. The molecule has 0 unspecified atom stereocenters. The van der Waals surface area contributed by atoms with E-state index in [1.165, 1.54) is 85.9 Å². The zero-order valence-corrected chi connectivity index (χ0v) is 31.4. The minimum atomic E-state index is 1.11. The number of fused-ring (bicyclic) bond motifs is 8. The first-order valence-corrected chi connectivity index (χ1v) is 20.0. The van der Waals surface area contributed by atoms with Gasteiger partial charge in [-0.15, -0.1) is 11.3 Å². The van der Waals surface area contributed by atoms with Crippen molar-refractivity contribution in [2.75, 3.05) is 4.90 Å². The van der Waals surface area contributed by atoms with Crippen LogP contribution in [0.3, 0.4) is 0 Å². The van der Waals surface area contributed by atoms with E-state index in [1.54, 1.807) is 0 Å². The number of benzene rings is 10. The average molecular weight is 730 g/mol. The predicted molar refractivity (Wildman–Crippen MR) is 243 cm³/mol. The fraction of sp³-hybridized carbons (Fsp3) is 0. The number of hydrogen-bond acceptors (Lipinski definition) is 2. The van der Waals surface area contributed by atoms with Gasteiger partial charge in [-0.1, -0.05) is 176 Å². The Morgan fingerprint density at radius 3 is 1.64 bits per heavy atom. The molecule has 0 atom stereocenters. The largest absolute Gasteiger partial charge is 0.309 e. The third kappa shape index (κ3) is 5.38. The molecule has 0 amide bonds. The average Bonchev–Trinajstić information content (AvgIpc) is 3.66. The lowest BCUT2D eigenvalue weighted by atomic mass is 9.92. The van der Waals surface area contributed by atoms with Crippen LogP contribution >= 0.6 is 11.3 Å². The van der Waals surface area contributed by atoms with E-state index in [2.05, 4.69) is 217 Å². The highest BCUT2D eigenvalue weighted by Gasteiger charge is 2.22. The van der Waals surface area contributed by atoms with Crippen LogP contribution in [0.2, 0.25) is 0 Å². The van der Waals surface area contributed by atoms with Crippen molar-refractivity contribution in [1.82, 2.24) is 0 Å². The van der Waals surface area contributed by atoms with Gasteiger partial charge in [0.1, 0.15) is 0 Å². The van der Waals surface area contributed by atoms with E-state index >= 15 is 0 Å². The van der Waals surface area contributed by atoms with Crippen LogP contribution in [-0.2, 0) is 0 Å². The second-order valence-electron chi connectivity index (χ2n) is 14.4. The number of thiophene rings is 1. The van der Waals surface area contributed by atoms with Crippen molar-refractivity contribution >= 4 is 80.9 Å². The van der Waals surface area contributed by atoms with Crippen LogP contribution in [0.5, 0.6) is 0 Å². The molecule has 0 aliphatic heterocycles. The Morgan fingerprint density at radius 1 is 0.304 bits per heavy atom. The molecule has 0 fully saturated rings. The van der Waals surface area contributed by atoms with Gasteiger partial charge in [0.2, 0.25) is 0 Å². The highest BCUT2D eigenvalue weighted by Crippen LogP contribution is 2.48. The van der Waals surface area contributed by atoms with Crippen LogP contribution < -0.4 is 4.90 Å². The zero-order valence-electron chi connectivity index (χ0n) is 30.6. The van der Waals surface area contributed by atoms with E-state index in [9.17, 15) is 0 Å². The maximum atomic E-state index is 2.48. The first kappa shape index (κ1) is 32.4. The van der Waals surface area contributed by atoms with Gasteiger partial charge in [0.15, 0.2) is 0 Å². The summed E-state index contributed by atoms with van der Waals surface area (Å²) in [7, 11) is 0. The molecule has 262 valence electrons. The van der Waals surface area contributed by atoms with Gasteiger partial charge in [-0.3, -0.25) is 0 Å². The molecule has 10 aromatic carbocycles. The quantitative estimate of drug-likeness (QED) is 0.154. The maximum Gasteiger partial charge on any atom is 0.0547 e. The number of hydrogen-bond donors (Lipinski definition) is 0. The molecule has 0 aliphatic carbocycles. The first-order chi connectivity index (χ1) is 27.8. The Morgan fingerprint density at radius 2 is 0.857 bits per heavy atom. The molecule has 1 aromatic heterocycles. The predicted octanol–water partition coefficient (Wildman–Crippen LogP) is 16.0. The van der Waals surface area contributed by atoms with Crippen molar-refractivity contribution in [1.29, 1.82) is 0 Å². The van der Waals surface area contributed by atoms with Gasteiger partial charge in [0.05, 0.1) is 11.4 Å². The van der Waals surface area contributed by atoms with Crippen LogP contribution in [-0.4, -0.2) is 0 Å². The Balaban J connectivity index is 1.11. The van der Waals surface area contributed by atoms with Crippen molar-refractivity contribution in [3.05, 3.63) is 212 Å². The lowest BCUT2D eigenvalue weighted by Gasteiger charge is -2.29. The fourth-order valence-corrected chi connectivity index (χ4v) is 9.81. The molecule has 56 heavy (non-hydrogen) atoms. The molecule has 0 saturated carbocycles. The molecule has 0 aliphatic rings. The Labute approximate surface area is 330 Å². The lowest BCUT2D eigenvalue weighted by Crippen LogP contribution is -2.12. The third-order valence-electron chi connectivity index (χ3n) is 11.3. The molecule has 1 heterocycles. The summed E-state index contributed by atoms with van der Waals surface area (Å²) in [6, 6.07) is 77.7. The van der Waals surface area contributed by atoms with Gasteiger partial charge in [0, 0.05) is 42.2 Å². The molecule has 2 heteroatoms. The number of nitrogens with zero attached hydrogens (tertiary/aromatic N) is 1. The molecule has 0 spiro atoms. The maximum absolute atomic E-state index is 2.48.